The zero-order valence-corrected chi connectivity index (χ0v) is 14.2. The van der Waals surface area contributed by atoms with Crippen LogP contribution in [0, 0.1) is 0 Å². The molecule has 3 aromatic rings. The Kier molecular flexibility index (Phi) is 4.79. The molecule has 0 radical (unpaired) electrons. The van der Waals surface area contributed by atoms with Gasteiger partial charge in [0.15, 0.2) is 0 Å². The largest absolute Gasteiger partial charge is 0.326 e. The highest BCUT2D eigenvalue weighted by molar-refractivity contribution is 6.04. The first-order chi connectivity index (χ1) is 12.1. The number of benzene rings is 2. The van der Waals surface area contributed by atoms with E-state index in [0.717, 1.165) is 24.0 Å². The molecule has 2 amide bonds. The Morgan fingerprint density at radius 3 is 2.44 bits per heavy atom. The predicted octanol–water partition coefficient (Wildman–Crippen LogP) is 3.66. The first-order valence-electron chi connectivity index (χ1n) is 8.22. The SMILES string of the molecule is CCCn1c(NC(=O)c2ccc(NC(C)=O)cc2)nc2ccccc21. The highest BCUT2D eigenvalue weighted by Crippen LogP contribution is 2.21. The average molecular weight is 336 g/mol. The normalized spacial score (nSPS) is 10.6. The monoisotopic (exact) mass is 336 g/mol. The van der Waals surface area contributed by atoms with Crippen LogP contribution in [0.4, 0.5) is 11.6 Å². The second-order valence-electron chi connectivity index (χ2n) is 5.79. The van der Waals surface area contributed by atoms with Crippen molar-refractivity contribution in [2.45, 2.75) is 26.8 Å². The van der Waals surface area contributed by atoms with Crippen molar-refractivity contribution in [3.05, 3.63) is 54.1 Å². The maximum absolute atomic E-state index is 12.5. The summed E-state index contributed by atoms with van der Waals surface area (Å²) in [5, 5.41) is 5.56. The summed E-state index contributed by atoms with van der Waals surface area (Å²) in [7, 11) is 0. The van der Waals surface area contributed by atoms with Crippen molar-refractivity contribution >= 4 is 34.5 Å². The predicted molar refractivity (Wildman–Crippen MR) is 98.7 cm³/mol. The maximum atomic E-state index is 12.5. The number of anilines is 2. The number of aromatic nitrogens is 2. The Morgan fingerprint density at radius 2 is 1.76 bits per heavy atom. The number of para-hydroxylation sites is 2. The number of hydrogen-bond donors (Lipinski definition) is 2. The molecule has 0 unspecified atom stereocenters. The van der Waals surface area contributed by atoms with Gasteiger partial charge < -0.3 is 9.88 Å². The maximum Gasteiger partial charge on any atom is 0.257 e. The van der Waals surface area contributed by atoms with Crippen molar-refractivity contribution in [1.82, 2.24) is 9.55 Å². The standard InChI is InChI=1S/C19H20N4O2/c1-3-12-23-17-7-5-4-6-16(17)21-19(23)22-18(25)14-8-10-15(11-9-14)20-13(2)24/h4-11H,3,12H2,1-2H3,(H,20,24)(H,21,22,25). The molecule has 1 aromatic heterocycles. The molecular weight excluding hydrogens is 316 g/mol. The molecule has 2 N–H and O–H groups in total. The lowest BCUT2D eigenvalue weighted by molar-refractivity contribution is -0.114. The van der Waals surface area contributed by atoms with Crippen LogP contribution in [0.2, 0.25) is 0 Å². The number of fused-ring (bicyclic) bond motifs is 1. The molecule has 0 bridgehead atoms. The van der Waals surface area contributed by atoms with Gasteiger partial charge in [-0.05, 0) is 42.8 Å². The summed E-state index contributed by atoms with van der Waals surface area (Å²) in [6.07, 6.45) is 0.939. The molecule has 3 rings (SSSR count). The first-order valence-corrected chi connectivity index (χ1v) is 8.22. The molecule has 6 nitrogen and oxygen atoms in total. The van der Waals surface area contributed by atoms with Crippen LogP contribution in [0.15, 0.2) is 48.5 Å². The minimum atomic E-state index is -0.234. The summed E-state index contributed by atoms with van der Waals surface area (Å²) in [5.41, 5.74) is 3.01. The lowest BCUT2D eigenvalue weighted by Crippen LogP contribution is -2.16. The van der Waals surface area contributed by atoms with Gasteiger partial charge in [0.2, 0.25) is 11.9 Å². The van der Waals surface area contributed by atoms with Crippen LogP contribution >= 0.6 is 0 Å². The van der Waals surface area contributed by atoms with Gasteiger partial charge in [0, 0.05) is 24.7 Å². The number of rotatable bonds is 5. The van der Waals surface area contributed by atoms with Crippen molar-refractivity contribution in [1.29, 1.82) is 0 Å². The van der Waals surface area contributed by atoms with E-state index in [1.165, 1.54) is 6.92 Å². The second-order valence-corrected chi connectivity index (χ2v) is 5.79. The summed E-state index contributed by atoms with van der Waals surface area (Å²) < 4.78 is 2.01. The third-order valence-corrected chi connectivity index (χ3v) is 3.79. The third kappa shape index (κ3) is 3.68. The molecule has 0 aliphatic heterocycles. The van der Waals surface area contributed by atoms with E-state index in [1.54, 1.807) is 24.3 Å². The molecule has 0 aliphatic carbocycles. The van der Waals surface area contributed by atoms with Gasteiger partial charge in [0.05, 0.1) is 11.0 Å². The number of carbonyl (C=O) groups is 2. The lowest BCUT2D eigenvalue weighted by Gasteiger charge is -2.09. The average Bonchev–Trinajstić information content (AvgIpc) is 2.93. The molecule has 0 saturated heterocycles. The van der Waals surface area contributed by atoms with Gasteiger partial charge >= 0.3 is 0 Å². The Hall–Kier alpha value is -3.15. The molecule has 128 valence electrons. The Bertz CT molecular complexity index is 913. The van der Waals surface area contributed by atoms with E-state index in [4.69, 9.17) is 0 Å². The zero-order valence-electron chi connectivity index (χ0n) is 14.2. The third-order valence-electron chi connectivity index (χ3n) is 3.79. The second kappa shape index (κ2) is 7.17. The summed E-state index contributed by atoms with van der Waals surface area (Å²) in [4.78, 5) is 28.1. The molecule has 1 heterocycles. The van der Waals surface area contributed by atoms with Crippen molar-refractivity contribution in [3.8, 4) is 0 Å². The number of amides is 2. The van der Waals surface area contributed by atoms with E-state index < -0.39 is 0 Å². The van der Waals surface area contributed by atoms with E-state index >= 15 is 0 Å². The lowest BCUT2D eigenvalue weighted by atomic mass is 10.2. The zero-order chi connectivity index (χ0) is 17.8. The van der Waals surface area contributed by atoms with Gasteiger partial charge in [-0.25, -0.2) is 4.98 Å². The minimum Gasteiger partial charge on any atom is -0.326 e. The van der Waals surface area contributed by atoms with E-state index in [9.17, 15) is 9.59 Å². The topological polar surface area (TPSA) is 76.0 Å². The van der Waals surface area contributed by atoms with Gasteiger partial charge in [0.25, 0.3) is 5.91 Å². The summed E-state index contributed by atoms with van der Waals surface area (Å²) in [6, 6.07) is 14.6. The van der Waals surface area contributed by atoms with Crippen LogP contribution in [-0.2, 0) is 11.3 Å². The quantitative estimate of drug-likeness (QED) is 0.746. The number of hydrogen-bond acceptors (Lipinski definition) is 3. The minimum absolute atomic E-state index is 0.148. The van der Waals surface area contributed by atoms with E-state index in [2.05, 4.69) is 22.5 Å². The molecule has 0 saturated carbocycles. The van der Waals surface area contributed by atoms with E-state index in [1.807, 2.05) is 28.8 Å². The number of aryl methyl sites for hydroxylation is 1. The van der Waals surface area contributed by atoms with E-state index in [-0.39, 0.29) is 11.8 Å². The Labute approximate surface area is 145 Å². The molecule has 6 heteroatoms. The number of nitrogens with zero attached hydrogens (tertiary/aromatic N) is 2. The van der Waals surface area contributed by atoms with Crippen molar-refractivity contribution in [3.63, 3.8) is 0 Å². The molecule has 0 atom stereocenters. The smallest absolute Gasteiger partial charge is 0.257 e. The Morgan fingerprint density at radius 1 is 1.04 bits per heavy atom. The van der Waals surface area contributed by atoms with Gasteiger partial charge in [-0.2, -0.15) is 0 Å². The van der Waals surface area contributed by atoms with E-state index in [0.29, 0.717) is 17.2 Å². The highest BCUT2D eigenvalue weighted by Gasteiger charge is 2.14. The van der Waals surface area contributed by atoms with Crippen molar-refractivity contribution < 1.29 is 9.59 Å². The number of carbonyl (C=O) groups excluding carboxylic acids is 2. The molecular formula is C19H20N4O2. The summed E-state index contributed by atoms with van der Waals surface area (Å²) >= 11 is 0. The fourth-order valence-electron chi connectivity index (χ4n) is 2.70. The molecule has 0 spiro atoms. The number of nitrogens with one attached hydrogen (secondary N) is 2. The molecule has 2 aromatic carbocycles. The fourth-order valence-corrected chi connectivity index (χ4v) is 2.70. The van der Waals surface area contributed by atoms with Crippen LogP contribution in [0.3, 0.4) is 0 Å². The van der Waals surface area contributed by atoms with Gasteiger partial charge in [0.1, 0.15) is 0 Å². The van der Waals surface area contributed by atoms with Gasteiger partial charge in [-0.1, -0.05) is 19.1 Å². The van der Waals surface area contributed by atoms with Crippen LogP contribution in [0.1, 0.15) is 30.6 Å². The highest BCUT2D eigenvalue weighted by atomic mass is 16.2. The first kappa shape index (κ1) is 16.7. The molecule has 0 fully saturated rings. The fraction of sp³-hybridized carbons (Fsp3) is 0.211. The van der Waals surface area contributed by atoms with Crippen molar-refractivity contribution in [2.24, 2.45) is 0 Å². The van der Waals surface area contributed by atoms with Crippen molar-refractivity contribution in [2.75, 3.05) is 10.6 Å². The Balaban J connectivity index is 1.84. The molecule has 0 aliphatic rings. The van der Waals surface area contributed by atoms with Crippen LogP contribution in [-0.4, -0.2) is 21.4 Å². The number of imidazole rings is 1. The van der Waals surface area contributed by atoms with Gasteiger partial charge in [-0.15, -0.1) is 0 Å². The summed E-state index contributed by atoms with van der Waals surface area (Å²) in [6.45, 7) is 4.30. The van der Waals surface area contributed by atoms with Crippen LogP contribution in [0.25, 0.3) is 11.0 Å². The van der Waals surface area contributed by atoms with Crippen LogP contribution < -0.4 is 10.6 Å². The van der Waals surface area contributed by atoms with Gasteiger partial charge in [-0.3, -0.25) is 14.9 Å². The molecule has 25 heavy (non-hydrogen) atoms. The summed E-state index contributed by atoms with van der Waals surface area (Å²) in [5.74, 6) is 0.159. The van der Waals surface area contributed by atoms with Crippen LogP contribution in [0.5, 0.6) is 0 Å².